The molecular weight excluding hydrogens is 220 g/mol. The molecule has 1 fully saturated rings. The van der Waals surface area contributed by atoms with Crippen molar-refractivity contribution in [3.63, 3.8) is 0 Å². The van der Waals surface area contributed by atoms with E-state index in [0.717, 1.165) is 0 Å². The number of aliphatic hydroxyl groups is 2. The zero-order chi connectivity index (χ0) is 12.3. The van der Waals surface area contributed by atoms with Gasteiger partial charge in [0, 0.05) is 11.1 Å². The number of hydrogen-bond acceptors (Lipinski definition) is 4. The van der Waals surface area contributed by atoms with E-state index in [-0.39, 0.29) is 13.2 Å². The highest BCUT2D eigenvalue weighted by Gasteiger charge is 2.23. The number of benzene rings is 1. The fraction of sp³-hybridized carbons (Fsp3) is 0.538. The van der Waals surface area contributed by atoms with Crippen molar-refractivity contribution in [2.45, 2.75) is 26.1 Å². The van der Waals surface area contributed by atoms with Crippen LogP contribution < -0.4 is 9.47 Å². The molecule has 0 heterocycles. The zero-order valence-corrected chi connectivity index (χ0v) is 9.98. The maximum atomic E-state index is 9.32. The first kappa shape index (κ1) is 12.2. The Kier molecular flexibility index (Phi) is 3.86. The second kappa shape index (κ2) is 5.38. The smallest absolute Gasteiger partial charge is 0.130 e. The molecule has 1 aromatic rings. The quantitative estimate of drug-likeness (QED) is 0.788. The normalized spacial score (nSPS) is 14.8. The van der Waals surface area contributed by atoms with Crippen LogP contribution in [0.25, 0.3) is 0 Å². The summed E-state index contributed by atoms with van der Waals surface area (Å²) in [5, 5.41) is 18.6. The Labute approximate surface area is 101 Å². The van der Waals surface area contributed by atoms with Gasteiger partial charge in [0.05, 0.1) is 26.9 Å². The summed E-state index contributed by atoms with van der Waals surface area (Å²) in [7, 11) is 1.56. The molecule has 1 saturated carbocycles. The van der Waals surface area contributed by atoms with Crippen molar-refractivity contribution in [2.24, 2.45) is 5.92 Å². The third-order valence-corrected chi connectivity index (χ3v) is 2.95. The molecule has 4 nitrogen and oxygen atoms in total. The SMILES string of the molecule is COc1cc(CO)c(OCC2CC2)c(CO)c1. The van der Waals surface area contributed by atoms with E-state index in [1.807, 2.05) is 0 Å². The van der Waals surface area contributed by atoms with Crippen LogP contribution in [0.3, 0.4) is 0 Å². The predicted molar refractivity (Wildman–Crippen MR) is 63.1 cm³/mol. The Morgan fingerprint density at radius 3 is 2.18 bits per heavy atom. The molecule has 1 aliphatic carbocycles. The molecule has 0 spiro atoms. The van der Waals surface area contributed by atoms with Gasteiger partial charge in [0.15, 0.2) is 0 Å². The van der Waals surface area contributed by atoms with E-state index in [1.165, 1.54) is 12.8 Å². The van der Waals surface area contributed by atoms with Crippen LogP contribution in [0.15, 0.2) is 12.1 Å². The maximum absolute atomic E-state index is 9.32. The lowest BCUT2D eigenvalue weighted by atomic mass is 10.1. The third-order valence-electron chi connectivity index (χ3n) is 2.95. The summed E-state index contributed by atoms with van der Waals surface area (Å²) in [6.45, 7) is 0.417. The minimum absolute atomic E-state index is 0.121. The molecule has 1 aromatic carbocycles. The molecule has 0 radical (unpaired) electrons. The van der Waals surface area contributed by atoms with Crippen molar-refractivity contribution in [3.05, 3.63) is 23.3 Å². The van der Waals surface area contributed by atoms with E-state index in [4.69, 9.17) is 9.47 Å². The van der Waals surface area contributed by atoms with Crippen molar-refractivity contribution in [1.82, 2.24) is 0 Å². The van der Waals surface area contributed by atoms with Gasteiger partial charge in [-0.1, -0.05) is 0 Å². The van der Waals surface area contributed by atoms with Gasteiger partial charge in [-0.2, -0.15) is 0 Å². The fourth-order valence-electron chi connectivity index (χ4n) is 1.75. The van der Waals surface area contributed by atoms with Crippen LogP contribution in [-0.4, -0.2) is 23.9 Å². The molecule has 0 bridgehead atoms. The highest BCUT2D eigenvalue weighted by molar-refractivity contribution is 5.46. The summed E-state index contributed by atoms with van der Waals surface area (Å²) in [6.07, 6.45) is 2.41. The van der Waals surface area contributed by atoms with Gasteiger partial charge in [-0.25, -0.2) is 0 Å². The van der Waals surface area contributed by atoms with Crippen LogP contribution in [0.4, 0.5) is 0 Å². The van der Waals surface area contributed by atoms with Crippen LogP contribution >= 0.6 is 0 Å². The predicted octanol–water partition coefficient (Wildman–Crippen LogP) is 1.47. The van der Waals surface area contributed by atoms with Crippen molar-refractivity contribution < 1.29 is 19.7 Å². The van der Waals surface area contributed by atoms with Crippen LogP contribution in [0.1, 0.15) is 24.0 Å². The van der Waals surface area contributed by atoms with Gasteiger partial charge in [0.2, 0.25) is 0 Å². The van der Waals surface area contributed by atoms with Gasteiger partial charge in [-0.05, 0) is 30.9 Å². The molecule has 0 unspecified atom stereocenters. The Hall–Kier alpha value is -1.26. The first-order valence-corrected chi connectivity index (χ1v) is 5.82. The molecule has 0 amide bonds. The van der Waals surface area contributed by atoms with Crippen LogP contribution in [-0.2, 0) is 13.2 Å². The highest BCUT2D eigenvalue weighted by Crippen LogP contribution is 2.33. The first-order valence-electron chi connectivity index (χ1n) is 5.82. The lowest BCUT2D eigenvalue weighted by Crippen LogP contribution is -2.05. The number of aliphatic hydroxyl groups excluding tert-OH is 2. The lowest BCUT2D eigenvalue weighted by molar-refractivity contribution is 0.240. The molecule has 0 atom stereocenters. The summed E-state index contributed by atoms with van der Waals surface area (Å²) in [4.78, 5) is 0. The van der Waals surface area contributed by atoms with Crippen LogP contribution in [0, 0.1) is 5.92 Å². The molecular formula is C13H18O4. The minimum Gasteiger partial charge on any atom is -0.497 e. The van der Waals surface area contributed by atoms with Gasteiger partial charge in [0.1, 0.15) is 11.5 Å². The van der Waals surface area contributed by atoms with Crippen molar-refractivity contribution in [1.29, 1.82) is 0 Å². The van der Waals surface area contributed by atoms with E-state index in [2.05, 4.69) is 0 Å². The van der Waals surface area contributed by atoms with Gasteiger partial charge >= 0.3 is 0 Å². The van der Waals surface area contributed by atoms with E-state index >= 15 is 0 Å². The van der Waals surface area contributed by atoms with E-state index in [0.29, 0.717) is 35.2 Å². The molecule has 4 heteroatoms. The van der Waals surface area contributed by atoms with E-state index < -0.39 is 0 Å². The average Bonchev–Trinajstić information content (AvgIpc) is 3.19. The summed E-state index contributed by atoms with van der Waals surface area (Å²) in [5.74, 6) is 1.86. The average molecular weight is 238 g/mol. The van der Waals surface area contributed by atoms with Crippen molar-refractivity contribution >= 4 is 0 Å². The van der Waals surface area contributed by atoms with Crippen LogP contribution in [0.2, 0.25) is 0 Å². The number of hydrogen-bond donors (Lipinski definition) is 2. The molecule has 2 N–H and O–H groups in total. The summed E-state index contributed by atoms with van der Waals surface area (Å²) >= 11 is 0. The lowest BCUT2D eigenvalue weighted by Gasteiger charge is -2.15. The third kappa shape index (κ3) is 2.90. The van der Waals surface area contributed by atoms with Crippen molar-refractivity contribution in [2.75, 3.05) is 13.7 Å². The first-order chi connectivity index (χ1) is 8.28. The number of methoxy groups -OCH3 is 1. The minimum atomic E-state index is -0.121. The Morgan fingerprint density at radius 1 is 1.18 bits per heavy atom. The number of rotatable bonds is 6. The molecule has 2 rings (SSSR count). The van der Waals surface area contributed by atoms with Crippen LogP contribution in [0.5, 0.6) is 11.5 Å². The Balaban J connectivity index is 2.24. The summed E-state index contributed by atoms with van der Waals surface area (Å²) in [6, 6.07) is 3.47. The second-order valence-corrected chi connectivity index (χ2v) is 4.35. The summed E-state index contributed by atoms with van der Waals surface area (Å²) in [5.41, 5.74) is 1.32. The van der Waals surface area contributed by atoms with E-state index in [9.17, 15) is 10.2 Å². The van der Waals surface area contributed by atoms with Gasteiger partial charge < -0.3 is 19.7 Å². The number of ether oxygens (including phenoxy) is 2. The molecule has 94 valence electrons. The maximum Gasteiger partial charge on any atom is 0.130 e. The fourth-order valence-corrected chi connectivity index (χ4v) is 1.75. The summed E-state index contributed by atoms with van der Waals surface area (Å²) < 4.78 is 10.8. The molecule has 17 heavy (non-hydrogen) atoms. The van der Waals surface area contributed by atoms with Gasteiger partial charge in [-0.3, -0.25) is 0 Å². The Morgan fingerprint density at radius 2 is 1.76 bits per heavy atom. The topological polar surface area (TPSA) is 58.9 Å². The van der Waals surface area contributed by atoms with Crippen molar-refractivity contribution in [3.8, 4) is 11.5 Å². The zero-order valence-electron chi connectivity index (χ0n) is 9.98. The second-order valence-electron chi connectivity index (χ2n) is 4.35. The van der Waals surface area contributed by atoms with E-state index in [1.54, 1.807) is 19.2 Å². The Bertz CT molecular complexity index is 360. The van der Waals surface area contributed by atoms with Gasteiger partial charge in [0.25, 0.3) is 0 Å². The molecule has 0 aliphatic heterocycles. The standard InChI is InChI=1S/C13H18O4/c1-16-12-4-10(6-14)13(11(5-12)7-15)17-8-9-2-3-9/h4-5,9,14-15H,2-3,6-8H2,1H3. The molecule has 1 aliphatic rings. The van der Waals surface area contributed by atoms with Gasteiger partial charge in [-0.15, -0.1) is 0 Å². The monoisotopic (exact) mass is 238 g/mol. The highest BCUT2D eigenvalue weighted by atomic mass is 16.5. The molecule has 0 saturated heterocycles. The molecule has 0 aromatic heterocycles. The largest absolute Gasteiger partial charge is 0.497 e.